The summed E-state index contributed by atoms with van der Waals surface area (Å²) in [6, 6.07) is 1.42. The lowest BCUT2D eigenvalue weighted by Gasteiger charge is -1.98. The normalized spacial score (nSPS) is 9.00. The first-order valence-electron chi connectivity index (χ1n) is 3.44. The summed E-state index contributed by atoms with van der Waals surface area (Å²) < 4.78 is 0. The number of anilines is 1. The molecule has 1 aromatic rings. The van der Waals surface area contributed by atoms with Crippen molar-refractivity contribution in [3.63, 3.8) is 0 Å². The van der Waals surface area contributed by atoms with Crippen LogP contribution in [0.1, 0.15) is 10.5 Å². The van der Waals surface area contributed by atoms with Gasteiger partial charge in [-0.3, -0.25) is 9.89 Å². The third-order valence-corrected chi connectivity index (χ3v) is 1.24. The maximum Gasteiger partial charge on any atom is 0.269 e. The standard InChI is InChI=1S/C6H10N4O2.ClH/c7-5-3-4(9-10-5)6(12)8-1-2-11;/h3,11H,1-2H2,(H,8,12)(H3,7,9,10);1H. The van der Waals surface area contributed by atoms with Crippen LogP contribution < -0.4 is 11.1 Å². The molecule has 1 heterocycles. The van der Waals surface area contributed by atoms with E-state index in [1.807, 2.05) is 0 Å². The second-order valence-electron chi connectivity index (χ2n) is 2.19. The molecule has 0 bridgehead atoms. The molecule has 0 aliphatic heterocycles. The molecule has 0 aliphatic carbocycles. The molecule has 6 nitrogen and oxygen atoms in total. The number of nitrogen functional groups attached to an aromatic ring is 1. The van der Waals surface area contributed by atoms with Gasteiger partial charge in [0.1, 0.15) is 11.5 Å². The second kappa shape index (κ2) is 5.39. The molecule has 0 fully saturated rings. The molecule has 0 atom stereocenters. The van der Waals surface area contributed by atoms with Gasteiger partial charge in [0.05, 0.1) is 6.61 Å². The number of carbonyl (C=O) groups excluding carboxylic acids is 1. The van der Waals surface area contributed by atoms with E-state index in [0.717, 1.165) is 0 Å². The van der Waals surface area contributed by atoms with Crippen LogP contribution in [0.4, 0.5) is 5.82 Å². The minimum absolute atomic E-state index is 0. The Morgan fingerprint density at radius 2 is 2.46 bits per heavy atom. The topological polar surface area (TPSA) is 104 Å². The third kappa shape index (κ3) is 3.30. The van der Waals surface area contributed by atoms with Gasteiger partial charge < -0.3 is 16.2 Å². The number of halogens is 1. The summed E-state index contributed by atoms with van der Waals surface area (Å²) in [4.78, 5) is 11.1. The largest absolute Gasteiger partial charge is 0.395 e. The number of hydrogen-bond donors (Lipinski definition) is 4. The van der Waals surface area contributed by atoms with Crippen LogP contribution in [0.5, 0.6) is 0 Å². The van der Waals surface area contributed by atoms with Crippen molar-refractivity contribution >= 4 is 24.1 Å². The summed E-state index contributed by atoms with van der Waals surface area (Å²) >= 11 is 0. The van der Waals surface area contributed by atoms with Crippen LogP contribution >= 0.6 is 12.4 Å². The molecule has 13 heavy (non-hydrogen) atoms. The summed E-state index contributed by atoms with van der Waals surface area (Å²) in [5.41, 5.74) is 5.57. The summed E-state index contributed by atoms with van der Waals surface area (Å²) in [7, 11) is 0. The van der Waals surface area contributed by atoms with Crippen molar-refractivity contribution in [3.05, 3.63) is 11.8 Å². The molecule has 0 aliphatic rings. The summed E-state index contributed by atoms with van der Waals surface area (Å²) in [5, 5.41) is 16.9. The zero-order valence-electron chi connectivity index (χ0n) is 6.78. The number of rotatable bonds is 3. The number of aromatic nitrogens is 2. The molecule has 1 aromatic heterocycles. The van der Waals surface area contributed by atoms with Crippen molar-refractivity contribution in [1.29, 1.82) is 0 Å². The molecule has 0 aromatic carbocycles. The van der Waals surface area contributed by atoms with Crippen LogP contribution in [0.15, 0.2) is 6.07 Å². The molecule has 74 valence electrons. The van der Waals surface area contributed by atoms with E-state index < -0.39 is 0 Å². The minimum Gasteiger partial charge on any atom is -0.395 e. The summed E-state index contributed by atoms with van der Waals surface area (Å²) in [6.45, 7) is 0.132. The SMILES string of the molecule is Cl.Nc1cc(C(=O)NCCO)[nH]n1. The number of amides is 1. The van der Waals surface area contributed by atoms with Crippen LogP contribution in [-0.2, 0) is 0 Å². The zero-order chi connectivity index (χ0) is 8.97. The summed E-state index contributed by atoms with van der Waals surface area (Å²) in [6.07, 6.45) is 0. The van der Waals surface area contributed by atoms with Gasteiger partial charge in [0.25, 0.3) is 5.91 Å². The van der Waals surface area contributed by atoms with E-state index in [0.29, 0.717) is 5.69 Å². The fourth-order valence-electron chi connectivity index (χ4n) is 0.718. The summed E-state index contributed by atoms with van der Waals surface area (Å²) in [5.74, 6) is -0.0580. The molecular weight excluding hydrogens is 196 g/mol. The fraction of sp³-hybridized carbons (Fsp3) is 0.333. The molecule has 0 saturated carbocycles. The van der Waals surface area contributed by atoms with Crippen molar-refractivity contribution < 1.29 is 9.90 Å². The number of aromatic amines is 1. The Bertz CT molecular complexity index is 275. The van der Waals surface area contributed by atoms with Gasteiger partial charge in [-0.25, -0.2) is 0 Å². The predicted molar refractivity (Wildman–Crippen MR) is 49.7 cm³/mol. The maximum atomic E-state index is 11.1. The van der Waals surface area contributed by atoms with E-state index in [-0.39, 0.29) is 37.3 Å². The van der Waals surface area contributed by atoms with Crippen molar-refractivity contribution in [2.75, 3.05) is 18.9 Å². The molecular formula is C6H11ClN4O2. The van der Waals surface area contributed by atoms with Gasteiger partial charge in [0, 0.05) is 12.6 Å². The first kappa shape index (κ1) is 11.7. The van der Waals surface area contributed by atoms with Gasteiger partial charge in [0.15, 0.2) is 0 Å². The number of nitrogens with two attached hydrogens (primary N) is 1. The fourth-order valence-corrected chi connectivity index (χ4v) is 0.718. The third-order valence-electron chi connectivity index (χ3n) is 1.24. The Balaban J connectivity index is 0.00000144. The van der Waals surface area contributed by atoms with E-state index >= 15 is 0 Å². The van der Waals surface area contributed by atoms with E-state index in [9.17, 15) is 4.79 Å². The van der Waals surface area contributed by atoms with Crippen LogP contribution in [0.25, 0.3) is 0 Å². The maximum absolute atomic E-state index is 11.1. The molecule has 0 unspecified atom stereocenters. The second-order valence-corrected chi connectivity index (χ2v) is 2.19. The number of aliphatic hydroxyl groups excluding tert-OH is 1. The van der Waals surface area contributed by atoms with Crippen LogP contribution in [0, 0.1) is 0 Å². The number of nitrogens with one attached hydrogen (secondary N) is 2. The molecule has 0 saturated heterocycles. The molecule has 0 radical (unpaired) electrons. The van der Waals surface area contributed by atoms with Crippen LogP contribution in [0.3, 0.4) is 0 Å². The van der Waals surface area contributed by atoms with E-state index in [1.165, 1.54) is 6.07 Å². The Kier molecular flexibility index (Phi) is 4.86. The quantitative estimate of drug-likeness (QED) is 0.516. The van der Waals surface area contributed by atoms with Crippen molar-refractivity contribution in [2.24, 2.45) is 0 Å². The monoisotopic (exact) mass is 206 g/mol. The Morgan fingerprint density at radius 1 is 1.77 bits per heavy atom. The number of hydrogen-bond acceptors (Lipinski definition) is 4. The first-order valence-corrected chi connectivity index (χ1v) is 3.44. The predicted octanol–water partition coefficient (Wildman–Crippen LogP) is -0.864. The Labute approximate surface area is 80.9 Å². The van der Waals surface area contributed by atoms with Gasteiger partial charge in [-0.15, -0.1) is 12.4 Å². The van der Waals surface area contributed by atoms with Gasteiger partial charge >= 0.3 is 0 Å². The number of carbonyl (C=O) groups is 1. The van der Waals surface area contributed by atoms with E-state index in [1.54, 1.807) is 0 Å². The van der Waals surface area contributed by atoms with Gasteiger partial charge in [-0.05, 0) is 0 Å². The minimum atomic E-state index is -0.326. The highest BCUT2D eigenvalue weighted by Gasteiger charge is 2.06. The lowest BCUT2D eigenvalue weighted by atomic mass is 10.4. The molecule has 5 N–H and O–H groups in total. The van der Waals surface area contributed by atoms with E-state index in [2.05, 4.69) is 15.5 Å². The first-order chi connectivity index (χ1) is 5.74. The average molecular weight is 207 g/mol. The van der Waals surface area contributed by atoms with Crippen LogP contribution in [-0.4, -0.2) is 34.4 Å². The number of nitrogens with zero attached hydrogens (tertiary/aromatic N) is 1. The number of H-pyrrole nitrogens is 1. The molecule has 1 amide bonds. The average Bonchev–Trinajstić information content (AvgIpc) is 2.47. The van der Waals surface area contributed by atoms with Gasteiger partial charge in [-0.2, -0.15) is 5.10 Å². The van der Waals surface area contributed by atoms with Gasteiger partial charge in [0.2, 0.25) is 0 Å². The highest BCUT2D eigenvalue weighted by molar-refractivity contribution is 5.92. The molecule has 1 rings (SSSR count). The van der Waals surface area contributed by atoms with Crippen molar-refractivity contribution in [1.82, 2.24) is 15.5 Å². The Morgan fingerprint density at radius 3 is 2.92 bits per heavy atom. The van der Waals surface area contributed by atoms with Crippen LogP contribution in [0.2, 0.25) is 0 Å². The van der Waals surface area contributed by atoms with Crippen molar-refractivity contribution in [2.45, 2.75) is 0 Å². The van der Waals surface area contributed by atoms with Gasteiger partial charge in [-0.1, -0.05) is 0 Å². The highest BCUT2D eigenvalue weighted by Crippen LogP contribution is 1.98. The lowest BCUT2D eigenvalue weighted by molar-refractivity contribution is 0.0940. The molecule has 7 heteroatoms. The zero-order valence-corrected chi connectivity index (χ0v) is 7.60. The lowest BCUT2D eigenvalue weighted by Crippen LogP contribution is -2.26. The highest BCUT2D eigenvalue weighted by atomic mass is 35.5. The van der Waals surface area contributed by atoms with Crippen molar-refractivity contribution in [3.8, 4) is 0 Å². The smallest absolute Gasteiger partial charge is 0.269 e. The number of aliphatic hydroxyl groups is 1. The molecule has 0 spiro atoms. The van der Waals surface area contributed by atoms with E-state index in [4.69, 9.17) is 10.8 Å². The Hall–Kier alpha value is -1.27.